The fourth-order valence-corrected chi connectivity index (χ4v) is 1.97. The smallest absolute Gasteiger partial charge is 0.303 e. The van der Waals surface area contributed by atoms with Crippen molar-refractivity contribution >= 4 is 11.9 Å². The summed E-state index contributed by atoms with van der Waals surface area (Å²) in [6, 6.07) is 9.31. The number of carbonyl (C=O) groups is 2. The maximum absolute atomic E-state index is 12.1. The van der Waals surface area contributed by atoms with Gasteiger partial charge in [0.05, 0.1) is 0 Å². The van der Waals surface area contributed by atoms with Crippen LogP contribution < -0.4 is 10.1 Å². The van der Waals surface area contributed by atoms with Crippen LogP contribution >= 0.6 is 0 Å². The van der Waals surface area contributed by atoms with Gasteiger partial charge in [-0.2, -0.15) is 0 Å². The molecule has 0 saturated heterocycles. The van der Waals surface area contributed by atoms with Gasteiger partial charge in [-0.3, -0.25) is 9.59 Å². The lowest BCUT2D eigenvalue weighted by Crippen LogP contribution is -2.40. The van der Waals surface area contributed by atoms with Crippen molar-refractivity contribution in [2.45, 2.75) is 37.7 Å². The first kappa shape index (κ1) is 14.4. The number of benzene rings is 1. The molecule has 2 rings (SSSR count). The number of hydrogen-bond donors (Lipinski definition) is 2. The number of amides is 1. The summed E-state index contributed by atoms with van der Waals surface area (Å²) in [5.41, 5.74) is -0.714. The number of hydrogen-bond acceptors (Lipinski definition) is 3. The van der Waals surface area contributed by atoms with Crippen molar-refractivity contribution in [2.24, 2.45) is 0 Å². The molecule has 1 aromatic carbocycles. The number of rotatable bonds is 8. The molecule has 1 aliphatic carbocycles. The monoisotopic (exact) mass is 277 g/mol. The normalized spacial score (nSPS) is 15.4. The number of nitrogens with one attached hydrogen (secondary N) is 1. The van der Waals surface area contributed by atoms with Gasteiger partial charge in [0.1, 0.15) is 5.75 Å². The van der Waals surface area contributed by atoms with Crippen LogP contribution in [0.15, 0.2) is 30.3 Å². The molecule has 0 bridgehead atoms. The summed E-state index contributed by atoms with van der Waals surface area (Å²) < 4.78 is 5.76. The quantitative estimate of drug-likeness (QED) is 0.712. The molecule has 1 aromatic rings. The van der Waals surface area contributed by atoms with Crippen LogP contribution in [-0.2, 0) is 9.59 Å². The average molecular weight is 277 g/mol. The van der Waals surface area contributed by atoms with E-state index in [1.54, 1.807) is 0 Å². The third kappa shape index (κ3) is 3.98. The summed E-state index contributed by atoms with van der Waals surface area (Å²) in [7, 11) is 0. The maximum atomic E-state index is 12.1. The third-order valence-electron chi connectivity index (χ3n) is 3.28. The maximum Gasteiger partial charge on any atom is 0.303 e. The van der Waals surface area contributed by atoms with E-state index < -0.39 is 11.6 Å². The van der Waals surface area contributed by atoms with Gasteiger partial charge in [-0.25, -0.2) is 0 Å². The Morgan fingerprint density at radius 1 is 1.20 bits per heavy atom. The van der Waals surface area contributed by atoms with Gasteiger partial charge in [-0.05, 0) is 25.0 Å². The molecular weight excluding hydrogens is 258 g/mol. The molecule has 2 N–H and O–H groups in total. The van der Waals surface area contributed by atoms with E-state index in [9.17, 15) is 9.59 Å². The summed E-state index contributed by atoms with van der Waals surface area (Å²) in [6.07, 6.45) is 2.83. The van der Waals surface area contributed by atoms with Crippen LogP contribution in [0.25, 0.3) is 0 Å². The summed E-state index contributed by atoms with van der Waals surface area (Å²) in [4.78, 5) is 22.4. The van der Waals surface area contributed by atoms with Crippen LogP contribution in [0, 0.1) is 0 Å². The predicted octanol–water partition coefficient (Wildman–Crippen LogP) is 1.97. The lowest BCUT2D eigenvalue weighted by Gasteiger charge is -2.17. The first-order valence-corrected chi connectivity index (χ1v) is 6.87. The Hall–Kier alpha value is -2.04. The number of carboxylic acid groups (broad SMARTS) is 1. The van der Waals surface area contributed by atoms with E-state index in [-0.39, 0.29) is 12.3 Å². The fourth-order valence-electron chi connectivity index (χ4n) is 1.97. The van der Waals surface area contributed by atoms with E-state index in [2.05, 4.69) is 5.32 Å². The summed E-state index contributed by atoms with van der Waals surface area (Å²) in [5.74, 6) is -0.204. The van der Waals surface area contributed by atoms with Gasteiger partial charge in [-0.15, -0.1) is 0 Å². The van der Waals surface area contributed by atoms with E-state index in [1.165, 1.54) is 0 Å². The molecule has 0 atom stereocenters. The van der Waals surface area contributed by atoms with E-state index >= 15 is 0 Å². The van der Waals surface area contributed by atoms with E-state index in [1.807, 2.05) is 30.3 Å². The second-order valence-electron chi connectivity index (χ2n) is 5.02. The molecule has 1 saturated carbocycles. The Balaban J connectivity index is 1.73. The summed E-state index contributed by atoms with van der Waals surface area (Å²) in [6.45, 7) is 0.492. The minimum absolute atomic E-state index is 0.100. The zero-order chi connectivity index (χ0) is 14.4. The highest BCUT2D eigenvalue weighted by Crippen LogP contribution is 2.40. The number of aliphatic carboxylic acids is 1. The summed E-state index contributed by atoms with van der Waals surface area (Å²) >= 11 is 0. The lowest BCUT2D eigenvalue weighted by molar-refractivity contribution is -0.137. The fraction of sp³-hybridized carbons (Fsp3) is 0.467. The summed E-state index contributed by atoms with van der Waals surface area (Å²) in [5, 5.41) is 11.3. The molecule has 0 aliphatic heterocycles. The zero-order valence-electron chi connectivity index (χ0n) is 11.3. The molecule has 0 aromatic heterocycles. The molecule has 5 nitrogen and oxygen atoms in total. The van der Waals surface area contributed by atoms with Crippen LogP contribution in [-0.4, -0.2) is 29.1 Å². The largest absolute Gasteiger partial charge is 0.481 e. The number of unbranched alkanes of at least 4 members (excludes halogenated alkanes) is 1. The van der Waals surface area contributed by atoms with Crippen LogP contribution in [0.2, 0.25) is 0 Å². The van der Waals surface area contributed by atoms with Crippen LogP contribution in [0.1, 0.15) is 32.1 Å². The highest BCUT2D eigenvalue weighted by molar-refractivity contribution is 5.88. The van der Waals surface area contributed by atoms with Gasteiger partial charge in [0, 0.05) is 25.8 Å². The minimum atomic E-state index is -0.803. The number of carbonyl (C=O) groups excluding carboxylic acids is 1. The Morgan fingerprint density at radius 3 is 2.50 bits per heavy atom. The molecule has 0 spiro atoms. The van der Waals surface area contributed by atoms with Gasteiger partial charge in [0.25, 0.3) is 5.91 Å². The van der Waals surface area contributed by atoms with Crippen molar-refractivity contribution in [3.8, 4) is 5.75 Å². The highest BCUT2D eigenvalue weighted by atomic mass is 16.5. The Kier molecular flexibility index (Phi) is 4.61. The van der Waals surface area contributed by atoms with E-state index in [4.69, 9.17) is 9.84 Å². The SMILES string of the molecule is O=C(O)CCCCNC(=O)C1(Oc2ccccc2)CC1. The van der Waals surface area contributed by atoms with Crippen molar-refractivity contribution < 1.29 is 19.4 Å². The van der Waals surface area contributed by atoms with Crippen molar-refractivity contribution in [1.82, 2.24) is 5.32 Å². The van der Waals surface area contributed by atoms with Gasteiger partial charge in [-0.1, -0.05) is 18.2 Å². The Bertz CT molecular complexity index is 468. The van der Waals surface area contributed by atoms with Crippen molar-refractivity contribution in [2.75, 3.05) is 6.54 Å². The molecule has 5 heteroatoms. The van der Waals surface area contributed by atoms with Gasteiger partial charge < -0.3 is 15.2 Å². The predicted molar refractivity (Wildman–Crippen MR) is 73.5 cm³/mol. The van der Waals surface area contributed by atoms with Crippen molar-refractivity contribution in [3.05, 3.63) is 30.3 Å². The Morgan fingerprint density at radius 2 is 1.90 bits per heavy atom. The first-order chi connectivity index (χ1) is 9.62. The number of carboxylic acids is 1. The Labute approximate surface area is 117 Å². The van der Waals surface area contributed by atoms with Crippen LogP contribution in [0.4, 0.5) is 0 Å². The molecule has 0 radical (unpaired) electrons. The second-order valence-corrected chi connectivity index (χ2v) is 5.02. The zero-order valence-corrected chi connectivity index (χ0v) is 11.3. The van der Waals surface area contributed by atoms with Crippen LogP contribution in [0.5, 0.6) is 5.75 Å². The van der Waals surface area contributed by atoms with Gasteiger partial charge >= 0.3 is 5.97 Å². The number of para-hydroxylation sites is 1. The molecule has 108 valence electrons. The second kappa shape index (κ2) is 6.41. The molecule has 1 fully saturated rings. The third-order valence-corrected chi connectivity index (χ3v) is 3.28. The van der Waals surface area contributed by atoms with E-state index in [0.29, 0.717) is 25.1 Å². The molecular formula is C15H19NO4. The number of ether oxygens (including phenoxy) is 1. The first-order valence-electron chi connectivity index (χ1n) is 6.87. The average Bonchev–Trinajstić information content (AvgIpc) is 3.20. The van der Waals surface area contributed by atoms with Crippen molar-refractivity contribution in [3.63, 3.8) is 0 Å². The van der Waals surface area contributed by atoms with Gasteiger partial charge in [0.2, 0.25) is 0 Å². The highest BCUT2D eigenvalue weighted by Gasteiger charge is 2.52. The molecule has 1 aliphatic rings. The molecule has 20 heavy (non-hydrogen) atoms. The molecule has 0 unspecified atom stereocenters. The van der Waals surface area contributed by atoms with Gasteiger partial charge in [0.15, 0.2) is 5.60 Å². The standard InChI is InChI=1S/C15H19NO4/c17-13(18)8-4-5-11-16-14(19)15(9-10-15)20-12-6-2-1-3-7-12/h1-3,6-7H,4-5,8-11H2,(H,16,19)(H,17,18). The molecule has 1 amide bonds. The minimum Gasteiger partial charge on any atom is -0.481 e. The topological polar surface area (TPSA) is 75.6 Å². The lowest BCUT2D eigenvalue weighted by atomic mass is 10.2. The van der Waals surface area contributed by atoms with E-state index in [0.717, 1.165) is 12.8 Å². The molecule has 0 heterocycles. The van der Waals surface area contributed by atoms with Crippen molar-refractivity contribution in [1.29, 1.82) is 0 Å². The van der Waals surface area contributed by atoms with Crippen LogP contribution in [0.3, 0.4) is 0 Å².